The zero-order valence-electron chi connectivity index (χ0n) is 17.2. The number of aromatic nitrogens is 3. The van der Waals surface area contributed by atoms with Crippen LogP contribution in [-0.4, -0.2) is 32.4 Å². The zero-order chi connectivity index (χ0) is 20.8. The fourth-order valence-electron chi connectivity index (χ4n) is 3.40. The quantitative estimate of drug-likeness (QED) is 0.608. The van der Waals surface area contributed by atoms with Crippen LogP contribution in [0.3, 0.4) is 0 Å². The molecule has 1 amide bonds. The molecule has 0 saturated heterocycles. The molecule has 3 aromatic rings. The second-order valence-electron chi connectivity index (χ2n) is 7.25. The van der Waals surface area contributed by atoms with Gasteiger partial charge in [-0.05, 0) is 43.0 Å². The number of carbonyl (C=O) groups is 1. The Morgan fingerprint density at radius 1 is 1.24 bits per heavy atom. The van der Waals surface area contributed by atoms with Crippen molar-refractivity contribution >= 4 is 11.7 Å². The lowest BCUT2D eigenvalue weighted by atomic mass is 9.97. The number of aryl methyl sites for hydroxylation is 2. The van der Waals surface area contributed by atoms with E-state index < -0.39 is 0 Å². The lowest BCUT2D eigenvalue weighted by molar-refractivity contribution is -0.117. The summed E-state index contributed by atoms with van der Waals surface area (Å²) in [4.78, 5) is 16.9. The Bertz CT molecular complexity index is 963. The highest BCUT2D eigenvalue weighted by molar-refractivity contribution is 5.95. The van der Waals surface area contributed by atoms with E-state index in [0.29, 0.717) is 12.4 Å². The second kappa shape index (κ2) is 9.47. The van der Waals surface area contributed by atoms with E-state index in [1.165, 1.54) is 5.56 Å². The molecule has 1 unspecified atom stereocenters. The molecule has 2 aromatic heterocycles. The molecule has 152 valence electrons. The molecule has 2 N–H and O–H groups in total. The average Bonchev–Trinajstić information content (AvgIpc) is 3.11. The maximum Gasteiger partial charge on any atom is 0.232 e. The molecule has 6 nitrogen and oxygen atoms in total. The van der Waals surface area contributed by atoms with E-state index in [-0.39, 0.29) is 18.4 Å². The van der Waals surface area contributed by atoms with Crippen LogP contribution in [0, 0.1) is 6.92 Å². The Kier molecular flexibility index (Phi) is 6.77. The Hall–Kier alpha value is -2.99. The number of rotatable bonds is 8. The molecule has 0 aliphatic carbocycles. The van der Waals surface area contributed by atoms with Crippen molar-refractivity contribution in [2.75, 3.05) is 11.9 Å². The summed E-state index contributed by atoms with van der Waals surface area (Å²) in [5.74, 6) is 0.130. The predicted molar refractivity (Wildman–Crippen MR) is 115 cm³/mol. The van der Waals surface area contributed by atoms with Crippen LogP contribution in [0.25, 0.3) is 11.3 Å². The van der Waals surface area contributed by atoms with E-state index in [2.05, 4.69) is 34.5 Å². The Morgan fingerprint density at radius 2 is 2.00 bits per heavy atom. The van der Waals surface area contributed by atoms with Crippen molar-refractivity contribution in [3.63, 3.8) is 0 Å². The highest BCUT2D eigenvalue weighted by atomic mass is 16.3. The molecule has 1 atom stereocenters. The van der Waals surface area contributed by atoms with Gasteiger partial charge in [0.25, 0.3) is 0 Å². The largest absolute Gasteiger partial charge is 0.394 e. The molecule has 0 bridgehead atoms. The van der Waals surface area contributed by atoms with Gasteiger partial charge in [0.1, 0.15) is 5.82 Å². The molecule has 0 radical (unpaired) electrons. The molecule has 0 spiro atoms. The maximum atomic E-state index is 12.8. The van der Waals surface area contributed by atoms with Crippen LogP contribution in [0.15, 0.2) is 48.8 Å². The molecular weight excluding hydrogens is 364 g/mol. The summed E-state index contributed by atoms with van der Waals surface area (Å²) < 4.78 is 1.64. The standard InChI is InChI=1S/C23H28N4O2/c1-4-5-18-6-8-19(9-7-18)21-14-22(27(26-21)12-13-28)25-23(29)17(3)20-10-11-24-15-16(20)2/h6-11,14-15,17,28H,4-5,12-13H2,1-3H3,(H,25,29). The summed E-state index contributed by atoms with van der Waals surface area (Å²) in [6, 6.07) is 12.0. The molecule has 29 heavy (non-hydrogen) atoms. The van der Waals surface area contributed by atoms with Gasteiger partial charge in [-0.2, -0.15) is 5.10 Å². The molecule has 0 aliphatic rings. The Balaban J connectivity index is 1.83. The molecule has 3 rings (SSSR count). The van der Waals surface area contributed by atoms with Crippen LogP contribution < -0.4 is 5.32 Å². The van der Waals surface area contributed by atoms with E-state index in [0.717, 1.165) is 35.2 Å². The third-order valence-corrected chi connectivity index (χ3v) is 5.05. The van der Waals surface area contributed by atoms with Gasteiger partial charge in [0.15, 0.2) is 0 Å². The number of anilines is 1. The van der Waals surface area contributed by atoms with Crippen molar-refractivity contribution in [3.8, 4) is 11.3 Å². The first kappa shape index (κ1) is 20.7. The monoisotopic (exact) mass is 392 g/mol. The zero-order valence-corrected chi connectivity index (χ0v) is 17.2. The predicted octanol–water partition coefficient (Wildman–Crippen LogP) is 3.94. The molecule has 2 heterocycles. The van der Waals surface area contributed by atoms with Gasteiger partial charge in [0.05, 0.1) is 24.8 Å². The topological polar surface area (TPSA) is 80.0 Å². The van der Waals surface area contributed by atoms with Crippen molar-refractivity contribution in [1.29, 1.82) is 0 Å². The van der Waals surface area contributed by atoms with Crippen molar-refractivity contribution in [1.82, 2.24) is 14.8 Å². The Morgan fingerprint density at radius 3 is 2.66 bits per heavy atom. The molecular formula is C23H28N4O2. The van der Waals surface area contributed by atoms with Gasteiger partial charge >= 0.3 is 0 Å². The first-order valence-electron chi connectivity index (χ1n) is 10.0. The number of hydrogen-bond acceptors (Lipinski definition) is 4. The van der Waals surface area contributed by atoms with Crippen molar-refractivity contribution in [3.05, 3.63) is 65.5 Å². The number of aliphatic hydroxyl groups is 1. The summed E-state index contributed by atoms with van der Waals surface area (Å²) in [5.41, 5.74) is 4.96. The molecule has 1 aromatic carbocycles. The maximum absolute atomic E-state index is 12.8. The second-order valence-corrected chi connectivity index (χ2v) is 7.25. The van der Waals surface area contributed by atoms with Crippen LogP contribution in [0.5, 0.6) is 0 Å². The van der Waals surface area contributed by atoms with E-state index in [9.17, 15) is 9.90 Å². The average molecular weight is 393 g/mol. The summed E-state index contributed by atoms with van der Waals surface area (Å²) in [6.07, 6.45) is 5.61. The molecule has 0 aliphatic heterocycles. The van der Waals surface area contributed by atoms with Gasteiger partial charge in [-0.3, -0.25) is 9.78 Å². The first-order chi connectivity index (χ1) is 14.0. The highest BCUT2D eigenvalue weighted by Crippen LogP contribution is 2.25. The minimum absolute atomic E-state index is 0.0571. The smallest absolute Gasteiger partial charge is 0.232 e. The summed E-state index contributed by atoms with van der Waals surface area (Å²) in [7, 11) is 0. The van der Waals surface area contributed by atoms with E-state index >= 15 is 0 Å². The van der Waals surface area contributed by atoms with Crippen molar-refractivity contribution in [2.24, 2.45) is 0 Å². The van der Waals surface area contributed by atoms with Crippen LogP contribution in [0.1, 0.15) is 42.9 Å². The molecule has 6 heteroatoms. The number of hydrogen-bond donors (Lipinski definition) is 2. The van der Waals surface area contributed by atoms with Gasteiger partial charge in [-0.25, -0.2) is 4.68 Å². The minimum Gasteiger partial charge on any atom is -0.394 e. The summed E-state index contributed by atoms with van der Waals surface area (Å²) >= 11 is 0. The highest BCUT2D eigenvalue weighted by Gasteiger charge is 2.19. The number of pyridine rings is 1. The van der Waals surface area contributed by atoms with E-state index in [1.807, 2.05) is 38.1 Å². The van der Waals surface area contributed by atoms with E-state index in [1.54, 1.807) is 17.1 Å². The van der Waals surface area contributed by atoms with Gasteiger partial charge < -0.3 is 10.4 Å². The number of benzene rings is 1. The van der Waals surface area contributed by atoms with Crippen molar-refractivity contribution in [2.45, 2.75) is 46.1 Å². The third kappa shape index (κ3) is 4.90. The van der Waals surface area contributed by atoms with Crippen LogP contribution in [0.4, 0.5) is 5.82 Å². The number of nitrogens with one attached hydrogen (secondary N) is 1. The fraction of sp³-hybridized carbons (Fsp3) is 0.348. The van der Waals surface area contributed by atoms with Gasteiger partial charge in [-0.1, -0.05) is 37.6 Å². The summed E-state index contributed by atoms with van der Waals surface area (Å²) in [6.45, 7) is 6.23. The fourth-order valence-corrected chi connectivity index (χ4v) is 3.40. The van der Waals surface area contributed by atoms with Crippen LogP contribution in [0.2, 0.25) is 0 Å². The number of carbonyl (C=O) groups excluding carboxylic acids is 1. The first-order valence-corrected chi connectivity index (χ1v) is 10.0. The third-order valence-electron chi connectivity index (χ3n) is 5.05. The normalized spacial score (nSPS) is 12.0. The van der Waals surface area contributed by atoms with Gasteiger partial charge in [-0.15, -0.1) is 0 Å². The van der Waals surface area contributed by atoms with Crippen LogP contribution in [-0.2, 0) is 17.8 Å². The summed E-state index contributed by atoms with van der Waals surface area (Å²) in [5, 5.41) is 16.9. The molecule has 0 saturated carbocycles. The number of amides is 1. The van der Waals surface area contributed by atoms with Crippen LogP contribution >= 0.6 is 0 Å². The Labute approximate surface area is 171 Å². The molecule has 0 fully saturated rings. The minimum atomic E-state index is -0.327. The van der Waals surface area contributed by atoms with Gasteiger partial charge in [0, 0.05) is 24.0 Å². The number of nitrogens with zero attached hydrogens (tertiary/aromatic N) is 3. The number of aliphatic hydroxyl groups excluding tert-OH is 1. The van der Waals surface area contributed by atoms with Gasteiger partial charge in [0.2, 0.25) is 5.91 Å². The van der Waals surface area contributed by atoms with E-state index in [4.69, 9.17) is 0 Å². The lowest BCUT2D eigenvalue weighted by Crippen LogP contribution is -2.22. The van der Waals surface area contributed by atoms with Crippen molar-refractivity contribution < 1.29 is 9.90 Å². The lowest BCUT2D eigenvalue weighted by Gasteiger charge is -2.15. The SMILES string of the molecule is CCCc1ccc(-c2cc(NC(=O)C(C)c3ccncc3C)n(CCO)n2)cc1.